The van der Waals surface area contributed by atoms with E-state index in [4.69, 9.17) is 4.42 Å². The average molecular weight is 476 g/mol. The molecule has 1 unspecified atom stereocenters. The number of anilines is 1. The van der Waals surface area contributed by atoms with E-state index in [0.717, 1.165) is 37.8 Å². The number of nitrogens with zero attached hydrogens (tertiary/aromatic N) is 4. The third kappa shape index (κ3) is 3.28. The lowest BCUT2D eigenvalue weighted by Gasteiger charge is -2.16. The summed E-state index contributed by atoms with van der Waals surface area (Å²) in [4.78, 5) is 13.5. The Balaban J connectivity index is 1.27. The molecule has 2 atom stereocenters. The van der Waals surface area contributed by atoms with E-state index < -0.39 is 6.10 Å². The van der Waals surface area contributed by atoms with Gasteiger partial charge >= 0.3 is 0 Å². The van der Waals surface area contributed by atoms with Gasteiger partial charge in [0.25, 0.3) is 6.01 Å². The predicted octanol–water partition coefficient (Wildman–Crippen LogP) is 4.45. The second kappa shape index (κ2) is 7.18. The molecule has 0 bridgehead atoms. The number of pyridine rings is 1. The number of aliphatic hydroxyl groups excluding tert-OH is 1. The Morgan fingerprint density at radius 3 is 2.97 bits per heavy atom. The Kier molecular flexibility index (Phi) is 4.29. The molecule has 0 saturated heterocycles. The summed E-state index contributed by atoms with van der Waals surface area (Å²) < 4.78 is 8.89. The number of imidazole rings is 1. The van der Waals surface area contributed by atoms with Gasteiger partial charge in [-0.3, -0.25) is 0 Å². The van der Waals surface area contributed by atoms with Gasteiger partial charge in [-0.05, 0) is 50.8 Å². The maximum absolute atomic E-state index is 10.5. The lowest BCUT2D eigenvalue weighted by molar-refractivity contribution is 0.164. The van der Waals surface area contributed by atoms with E-state index in [1.165, 1.54) is 0 Å². The number of hydrogen-bond donors (Lipinski definition) is 2. The molecule has 31 heavy (non-hydrogen) atoms. The number of fused-ring (bicyclic) bond motifs is 3. The van der Waals surface area contributed by atoms with Gasteiger partial charge in [0.1, 0.15) is 11.0 Å². The molecule has 5 aromatic rings. The van der Waals surface area contributed by atoms with Gasteiger partial charge in [0, 0.05) is 17.1 Å². The number of aromatic nitrogens is 4. The van der Waals surface area contributed by atoms with Gasteiger partial charge in [-0.1, -0.05) is 30.3 Å². The summed E-state index contributed by atoms with van der Waals surface area (Å²) in [6.07, 6.45) is 3.68. The number of halogens is 1. The SMILES string of the molecule is O[C@@H]1Cc2ccccc2C1Nc1nc2ccc(Cn3cnc4cc(Br)cnc43)cc2o1. The topological polar surface area (TPSA) is 89.0 Å². The first-order valence-electron chi connectivity index (χ1n) is 10.0. The number of oxazole rings is 1. The standard InChI is InChI=1S/C23H18BrN5O2/c24-15-9-18-22(25-10-15)29(12-26-18)11-13-5-6-17-20(7-13)31-23(27-17)28-21-16-4-2-1-3-14(16)8-19(21)30/h1-7,9-10,12,19,21,30H,8,11H2,(H,27,28)/t19-,21?/m1/s1. The molecule has 0 saturated carbocycles. The molecule has 1 aliphatic rings. The zero-order chi connectivity index (χ0) is 20.9. The first kappa shape index (κ1) is 18.5. The van der Waals surface area contributed by atoms with Crippen LogP contribution in [0, 0.1) is 0 Å². The van der Waals surface area contributed by atoms with Crippen molar-refractivity contribution in [2.45, 2.75) is 25.1 Å². The minimum Gasteiger partial charge on any atom is -0.424 e. The molecule has 2 aromatic carbocycles. The van der Waals surface area contributed by atoms with Crippen LogP contribution in [0.15, 0.2) is 69.9 Å². The van der Waals surface area contributed by atoms with Crippen LogP contribution in [0.2, 0.25) is 0 Å². The molecule has 3 heterocycles. The highest BCUT2D eigenvalue weighted by molar-refractivity contribution is 9.10. The van der Waals surface area contributed by atoms with Crippen LogP contribution >= 0.6 is 15.9 Å². The maximum atomic E-state index is 10.5. The maximum Gasteiger partial charge on any atom is 0.296 e. The van der Waals surface area contributed by atoms with Crippen molar-refractivity contribution in [1.82, 2.24) is 19.5 Å². The van der Waals surface area contributed by atoms with Crippen LogP contribution in [0.1, 0.15) is 22.7 Å². The molecule has 7 nitrogen and oxygen atoms in total. The van der Waals surface area contributed by atoms with Crippen molar-refractivity contribution < 1.29 is 9.52 Å². The third-order valence-electron chi connectivity index (χ3n) is 5.71. The van der Waals surface area contributed by atoms with Gasteiger partial charge < -0.3 is 19.4 Å². The first-order chi connectivity index (χ1) is 15.1. The van der Waals surface area contributed by atoms with Crippen molar-refractivity contribution in [3.63, 3.8) is 0 Å². The fourth-order valence-electron chi connectivity index (χ4n) is 4.25. The summed E-state index contributed by atoms with van der Waals surface area (Å²) in [5.41, 5.74) is 6.44. The Bertz CT molecular complexity index is 1430. The van der Waals surface area contributed by atoms with Gasteiger partial charge in [-0.25, -0.2) is 9.97 Å². The second-order valence-electron chi connectivity index (χ2n) is 7.78. The minimum absolute atomic E-state index is 0.230. The highest BCUT2D eigenvalue weighted by Crippen LogP contribution is 2.34. The van der Waals surface area contributed by atoms with Gasteiger partial charge in [0.15, 0.2) is 11.2 Å². The van der Waals surface area contributed by atoms with Gasteiger partial charge in [0.05, 0.1) is 25.0 Å². The molecule has 2 N–H and O–H groups in total. The van der Waals surface area contributed by atoms with E-state index in [9.17, 15) is 5.11 Å². The van der Waals surface area contributed by atoms with Gasteiger partial charge in [-0.2, -0.15) is 4.98 Å². The molecule has 6 rings (SSSR count). The highest BCUT2D eigenvalue weighted by atomic mass is 79.9. The molecule has 8 heteroatoms. The fraction of sp³-hybridized carbons (Fsp3) is 0.174. The Hall–Kier alpha value is -3.23. The monoisotopic (exact) mass is 475 g/mol. The molecule has 1 aliphatic carbocycles. The van der Waals surface area contributed by atoms with Crippen LogP contribution in [0.25, 0.3) is 22.3 Å². The number of aliphatic hydroxyl groups is 1. The fourth-order valence-corrected chi connectivity index (χ4v) is 4.57. The Labute approximate surface area is 185 Å². The molecule has 0 amide bonds. The molecular weight excluding hydrogens is 458 g/mol. The van der Waals surface area contributed by atoms with Crippen LogP contribution in [-0.4, -0.2) is 30.7 Å². The predicted molar refractivity (Wildman–Crippen MR) is 121 cm³/mol. The van der Waals surface area contributed by atoms with E-state index in [1.54, 1.807) is 12.5 Å². The molecule has 0 fully saturated rings. The average Bonchev–Trinajstić information content (AvgIpc) is 3.43. The minimum atomic E-state index is -0.509. The summed E-state index contributed by atoms with van der Waals surface area (Å²) in [6, 6.07) is 16.1. The largest absolute Gasteiger partial charge is 0.424 e. The molecule has 0 spiro atoms. The van der Waals surface area contributed by atoms with E-state index in [2.05, 4.69) is 36.2 Å². The summed E-state index contributed by atoms with van der Waals surface area (Å²) >= 11 is 3.43. The van der Waals surface area contributed by atoms with E-state index in [0.29, 0.717) is 24.6 Å². The summed E-state index contributed by atoms with van der Waals surface area (Å²) in [5, 5.41) is 13.8. The molecule has 154 valence electrons. The zero-order valence-electron chi connectivity index (χ0n) is 16.4. The van der Waals surface area contributed by atoms with Crippen molar-refractivity contribution in [2.75, 3.05) is 5.32 Å². The van der Waals surface area contributed by atoms with Crippen molar-refractivity contribution in [1.29, 1.82) is 0 Å². The normalized spacial score (nSPS) is 18.0. The summed E-state index contributed by atoms with van der Waals surface area (Å²) in [7, 11) is 0. The van der Waals surface area contributed by atoms with Gasteiger partial charge in [-0.15, -0.1) is 0 Å². The Morgan fingerprint density at radius 2 is 2.03 bits per heavy atom. The molecular formula is C23H18BrN5O2. The summed E-state index contributed by atoms with van der Waals surface area (Å²) in [5.74, 6) is 0. The molecule has 0 radical (unpaired) electrons. The van der Waals surface area contributed by atoms with E-state index >= 15 is 0 Å². The second-order valence-corrected chi connectivity index (χ2v) is 8.70. The molecule has 0 aliphatic heterocycles. The smallest absolute Gasteiger partial charge is 0.296 e. The lowest BCUT2D eigenvalue weighted by atomic mass is 10.1. The van der Waals surface area contributed by atoms with Crippen molar-refractivity contribution >= 4 is 44.2 Å². The van der Waals surface area contributed by atoms with E-state index in [1.807, 2.05) is 53.1 Å². The van der Waals surface area contributed by atoms with E-state index in [-0.39, 0.29) is 6.04 Å². The van der Waals surface area contributed by atoms with Crippen molar-refractivity contribution in [3.05, 3.63) is 82.2 Å². The highest BCUT2D eigenvalue weighted by Gasteiger charge is 2.31. The Morgan fingerprint density at radius 1 is 1.13 bits per heavy atom. The van der Waals surface area contributed by atoms with Crippen LogP contribution in [-0.2, 0) is 13.0 Å². The number of rotatable bonds is 4. The van der Waals surface area contributed by atoms with Gasteiger partial charge in [0.2, 0.25) is 0 Å². The van der Waals surface area contributed by atoms with Crippen LogP contribution in [0.3, 0.4) is 0 Å². The van der Waals surface area contributed by atoms with Crippen LogP contribution in [0.4, 0.5) is 6.01 Å². The van der Waals surface area contributed by atoms with Crippen molar-refractivity contribution in [2.24, 2.45) is 0 Å². The van der Waals surface area contributed by atoms with Crippen molar-refractivity contribution in [3.8, 4) is 0 Å². The van der Waals surface area contributed by atoms with Crippen LogP contribution < -0.4 is 5.32 Å². The molecule has 3 aromatic heterocycles. The number of hydrogen-bond acceptors (Lipinski definition) is 6. The number of benzene rings is 2. The third-order valence-corrected chi connectivity index (χ3v) is 6.14. The first-order valence-corrected chi connectivity index (χ1v) is 10.8. The zero-order valence-corrected chi connectivity index (χ0v) is 18.0. The quantitative estimate of drug-likeness (QED) is 0.399. The van der Waals surface area contributed by atoms with Crippen LogP contribution in [0.5, 0.6) is 0 Å². The number of nitrogens with one attached hydrogen (secondary N) is 1. The summed E-state index contributed by atoms with van der Waals surface area (Å²) in [6.45, 7) is 0.624. The lowest BCUT2D eigenvalue weighted by Crippen LogP contribution is -2.21.